The van der Waals surface area contributed by atoms with E-state index in [4.69, 9.17) is 5.73 Å². The average molecular weight is 454 g/mol. The molecule has 3 heterocycles. The van der Waals surface area contributed by atoms with Crippen LogP contribution in [0.2, 0.25) is 0 Å². The number of nitrogens with two attached hydrogens (primary N) is 1. The second kappa shape index (κ2) is 9.97. The minimum absolute atomic E-state index is 0. The Balaban J connectivity index is 0.00000225. The number of rotatable bonds is 5. The highest BCUT2D eigenvalue weighted by atomic mass is 127. The Morgan fingerprint density at radius 1 is 1.04 bits per heavy atom. The molecule has 9 heteroatoms. The van der Waals surface area contributed by atoms with E-state index in [0.717, 1.165) is 37.9 Å². The zero-order chi connectivity index (χ0) is 16.6. The number of nitrogens with one attached hydrogen (secondary N) is 1. The normalized spacial score (nSPS) is 14.8. The molecule has 134 valence electrons. The number of hydrogen-bond acceptors (Lipinski definition) is 6. The first-order chi connectivity index (χ1) is 11.8. The maximum Gasteiger partial charge on any atom is 0.225 e. The van der Waals surface area contributed by atoms with Crippen LogP contribution in [0.1, 0.15) is 0 Å². The molecule has 0 aliphatic carbocycles. The fourth-order valence-electron chi connectivity index (χ4n) is 2.51. The molecule has 0 bridgehead atoms. The summed E-state index contributed by atoms with van der Waals surface area (Å²) in [6.45, 7) is 4.64. The minimum atomic E-state index is 0. The molecule has 3 rings (SSSR count). The molecule has 0 amide bonds. The van der Waals surface area contributed by atoms with Gasteiger partial charge in [-0.2, -0.15) is 0 Å². The number of nitrogens with zero attached hydrogens (tertiary/aromatic N) is 6. The average Bonchev–Trinajstić information content (AvgIpc) is 2.67. The molecule has 0 unspecified atom stereocenters. The molecule has 2 aromatic rings. The quantitative estimate of drug-likeness (QED) is 0.302. The van der Waals surface area contributed by atoms with Crippen molar-refractivity contribution in [3.05, 3.63) is 42.9 Å². The van der Waals surface area contributed by atoms with Crippen LogP contribution in [0.15, 0.2) is 47.8 Å². The number of piperazine rings is 1. The summed E-state index contributed by atoms with van der Waals surface area (Å²) in [5, 5.41) is 3.21. The Labute approximate surface area is 164 Å². The van der Waals surface area contributed by atoms with Gasteiger partial charge in [0.25, 0.3) is 0 Å². The van der Waals surface area contributed by atoms with Crippen LogP contribution in [-0.4, -0.2) is 65.1 Å². The van der Waals surface area contributed by atoms with E-state index in [2.05, 4.69) is 35.1 Å². The Morgan fingerprint density at radius 3 is 2.44 bits per heavy atom. The Morgan fingerprint density at radius 2 is 1.76 bits per heavy atom. The van der Waals surface area contributed by atoms with Gasteiger partial charge in [-0.05, 0) is 18.2 Å². The first-order valence-corrected chi connectivity index (χ1v) is 8.04. The van der Waals surface area contributed by atoms with Crippen LogP contribution in [0.4, 0.5) is 11.8 Å². The minimum Gasteiger partial charge on any atom is -0.370 e. The summed E-state index contributed by atoms with van der Waals surface area (Å²) in [4.78, 5) is 21.5. The molecular weight excluding hydrogens is 431 g/mol. The summed E-state index contributed by atoms with van der Waals surface area (Å²) >= 11 is 0. The number of aliphatic imine (C=N–C) groups is 1. The number of hydrogen-bond donors (Lipinski definition) is 2. The third-order valence-corrected chi connectivity index (χ3v) is 3.80. The molecule has 0 radical (unpaired) electrons. The van der Waals surface area contributed by atoms with Crippen LogP contribution in [-0.2, 0) is 0 Å². The summed E-state index contributed by atoms with van der Waals surface area (Å²) in [5.41, 5.74) is 6.09. The van der Waals surface area contributed by atoms with Crippen LogP contribution in [0, 0.1) is 0 Å². The Kier molecular flexibility index (Phi) is 7.64. The first kappa shape index (κ1) is 19.2. The van der Waals surface area contributed by atoms with E-state index in [1.807, 2.05) is 24.3 Å². The van der Waals surface area contributed by atoms with Gasteiger partial charge in [0.15, 0.2) is 5.96 Å². The second-order valence-electron chi connectivity index (χ2n) is 5.40. The summed E-state index contributed by atoms with van der Waals surface area (Å²) in [5.74, 6) is 2.21. The zero-order valence-electron chi connectivity index (χ0n) is 14.0. The fourth-order valence-corrected chi connectivity index (χ4v) is 2.51. The van der Waals surface area contributed by atoms with Crippen molar-refractivity contribution in [1.82, 2.24) is 19.9 Å². The van der Waals surface area contributed by atoms with Crippen molar-refractivity contribution >= 4 is 41.7 Å². The van der Waals surface area contributed by atoms with Crippen LogP contribution in [0.5, 0.6) is 0 Å². The molecular formula is C16H23IN8. The Hall–Kier alpha value is -2.17. The van der Waals surface area contributed by atoms with Crippen LogP contribution in [0.25, 0.3) is 0 Å². The van der Waals surface area contributed by atoms with Crippen molar-refractivity contribution in [1.29, 1.82) is 0 Å². The van der Waals surface area contributed by atoms with E-state index in [0.29, 0.717) is 19.0 Å². The number of pyridine rings is 1. The summed E-state index contributed by atoms with van der Waals surface area (Å²) < 4.78 is 0. The van der Waals surface area contributed by atoms with E-state index in [1.54, 1.807) is 18.6 Å². The Bertz CT molecular complexity index is 644. The summed E-state index contributed by atoms with van der Waals surface area (Å²) in [6, 6.07) is 7.59. The van der Waals surface area contributed by atoms with Crippen LogP contribution in [0.3, 0.4) is 0 Å². The van der Waals surface area contributed by atoms with Gasteiger partial charge in [0, 0.05) is 51.3 Å². The third kappa shape index (κ3) is 5.69. The lowest BCUT2D eigenvalue weighted by Gasteiger charge is -2.35. The molecule has 0 saturated carbocycles. The highest BCUT2D eigenvalue weighted by Crippen LogP contribution is 2.09. The highest BCUT2D eigenvalue weighted by molar-refractivity contribution is 14.0. The summed E-state index contributed by atoms with van der Waals surface area (Å²) in [6.07, 6.45) is 5.29. The van der Waals surface area contributed by atoms with Crippen molar-refractivity contribution in [2.75, 3.05) is 49.5 Å². The molecule has 1 saturated heterocycles. The fraction of sp³-hybridized carbons (Fsp3) is 0.375. The molecule has 0 spiro atoms. The molecule has 3 N–H and O–H groups in total. The third-order valence-electron chi connectivity index (χ3n) is 3.80. The summed E-state index contributed by atoms with van der Waals surface area (Å²) in [7, 11) is 0. The van der Waals surface area contributed by atoms with Gasteiger partial charge in [-0.25, -0.2) is 15.0 Å². The van der Waals surface area contributed by atoms with Gasteiger partial charge in [0.2, 0.25) is 5.95 Å². The van der Waals surface area contributed by atoms with Crippen molar-refractivity contribution in [2.45, 2.75) is 0 Å². The second-order valence-corrected chi connectivity index (χ2v) is 5.40. The van der Waals surface area contributed by atoms with Gasteiger partial charge in [-0.3, -0.25) is 4.99 Å². The predicted octanol–water partition coefficient (Wildman–Crippen LogP) is 1.04. The van der Waals surface area contributed by atoms with Gasteiger partial charge >= 0.3 is 0 Å². The topological polar surface area (TPSA) is 95.6 Å². The van der Waals surface area contributed by atoms with E-state index in [1.165, 1.54) is 0 Å². The van der Waals surface area contributed by atoms with Gasteiger partial charge < -0.3 is 20.9 Å². The molecule has 0 atom stereocenters. The highest BCUT2D eigenvalue weighted by Gasteiger charge is 2.19. The lowest BCUT2D eigenvalue weighted by molar-refractivity contribution is 0.378. The van der Waals surface area contributed by atoms with Gasteiger partial charge in [0.1, 0.15) is 5.82 Å². The maximum atomic E-state index is 6.09. The first-order valence-electron chi connectivity index (χ1n) is 8.04. The van der Waals surface area contributed by atoms with E-state index in [9.17, 15) is 0 Å². The molecule has 25 heavy (non-hydrogen) atoms. The van der Waals surface area contributed by atoms with Crippen molar-refractivity contribution in [3.8, 4) is 0 Å². The molecule has 2 aromatic heterocycles. The molecule has 0 aromatic carbocycles. The van der Waals surface area contributed by atoms with Crippen LogP contribution >= 0.6 is 24.0 Å². The SMILES string of the molecule is I.NC(=NCCNc1ccccn1)N1CCN(c2ncccn2)CC1. The zero-order valence-corrected chi connectivity index (χ0v) is 16.3. The lowest BCUT2D eigenvalue weighted by Crippen LogP contribution is -2.51. The van der Waals surface area contributed by atoms with E-state index >= 15 is 0 Å². The number of guanidine groups is 1. The predicted molar refractivity (Wildman–Crippen MR) is 110 cm³/mol. The van der Waals surface area contributed by atoms with Gasteiger partial charge in [-0.1, -0.05) is 6.07 Å². The molecule has 1 aliphatic rings. The van der Waals surface area contributed by atoms with E-state index < -0.39 is 0 Å². The molecule has 1 fully saturated rings. The largest absolute Gasteiger partial charge is 0.370 e. The number of halogens is 1. The van der Waals surface area contributed by atoms with Crippen molar-refractivity contribution in [3.63, 3.8) is 0 Å². The van der Waals surface area contributed by atoms with Gasteiger partial charge in [-0.15, -0.1) is 24.0 Å². The maximum absolute atomic E-state index is 6.09. The van der Waals surface area contributed by atoms with Gasteiger partial charge in [0.05, 0.1) is 6.54 Å². The number of anilines is 2. The van der Waals surface area contributed by atoms with Crippen molar-refractivity contribution in [2.24, 2.45) is 10.7 Å². The monoisotopic (exact) mass is 454 g/mol. The smallest absolute Gasteiger partial charge is 0.225 e. The number of aromatic nitrogens is 3. The van der Waals surface area contributed by atoms with E-state index in [-0.39, 0.29) is 24.0 Å². The van der Waals surface area contributed by atoms with Crippen molar-refractivity contribution < 1.29 is 0 Å². The molecule has 8 nitrogen and oxygen atoms in total. The van der Waals surface area contributed by atoms with Crippen LogP contribution < -0.4 is 16.0 Å². The lowest BCUT2D eigenvalue weighted by atomic mass is 10.3. The standard InChI is InChI=1S/C16H22N8.HI/c17-15(20-9-8-19-14-4-1-2-5-18-14)23-10-12-24(13-11-23)16-21-6-3-7-22-16;/h1-7H,8-13H2,(H2,17,20)(H,18,19);1H. The molecule has 1 aliphatic heterocycles.